The summed E-state index contributed by atoms with van der Waals surface area (Å²) in [5.41, 5.74) is -0.733. The molecule has 106 valence electrons. The number of nitrogens with one attached hydrogen (secondary N) is 1. The predicted molar refractivity (Wildman–Crippen MR) is 78.2 cm³/mol. The zero-order chi connectivity index (χ0) is 13.8. The molecule has 0 aromatic heterocycles. The van der Waals surface area contributed by atoms with Gasteiger partial charge in [-0.05, 0) is 44.3 Å². The summed E-state index contributed by atoms with van der Waals surface area (Å²) in [7, 11) is 0. The number of aliphatic carboxylic acids is 1. The summed E-state index contributed by atoms with van der Waals surface area (Å²) in [5, 5.41) is 13.3. The molecule has 2 N–H and O–H groups in total. The van der Waals surface area contributed by atoms with Crippen LogP contribution in [0.1, 0.15) is 53.4 Å². The SMILES string of the molecule is CC(C)C(C)SCCCC(C)(NC1CC1)C(=O)O. The van der Waals surface area contributed by atoms with Gasteiger partial charge in [0.25, 0.3) is 0 Å². The molecule has 1 rings (SSSR count). The maximum absolute atomic E-state index is 11.4. The van der Waals surface area contributed by atoms with E-state index in [1.807, 2.05) is 18.7 Å². The third-order valence-corrected chi connectivity index (χ3v) is 5.31. The van der Waals surface area contributed by atoms with Gasteiger partial charge in [-0.1, -0.05) is 20.8 Å². The molecule has 18 heavy (non-hydrogen) atoms. The van der Waals surface area contributed by atoms with E-state index in [0.29, 0.717) is 17.2 Å². The predicted octanol–water partition coefficient (Wildman–Crippen LogP) is 3.14. The summed E-state index contributed by atoms with van der Waals surface area (Å²) < 4.78 is 0. The molecule has 0 saturated heterocycles. The molecule has 0 aliphatic heterocycles. The quantitative estimate of drug-likeness (QED) is 0.634. The number of carboxylic acids is 1. The van der Waals surface area contributed by atoms with Crippen molar-refractivity contribution in [1.82, 2.24) is 5.32 Å². The fraction of sp³-hybridized carbons (Fsp3) is 0.929. The molecule has 0 radical (unpaired) electrons. The lowest BCUT2D eigenvalue weighted by molar-refractivity contribution is -0.144. The number of carboxylic acid groups (broad SMARTS) is 1. The molecule has 2 unspecified atom stereocenters. The van der Waals surface area contributed by atoms with Gasteiger partial charge in [0.05, 0.1) is 0 Å². The van der Waals surface area contributed by atoms with Crippen molar-refractivity contribution in [2.24, 2.45) is 5.92 Å². The summed E-state index contributed by atoms with van der Waals surface area (Å²) in [6.45, 7) is 8.53. The molecule has 2 atom stereocenters. The van der Waals surface area contributed by atoms with Crippen molar-refractivity contribution in [2.45, 2.75) is 70.2 Å². The Morgan fingerprint density at radius 1 is 1.44 bits per heavy atom. The minimum absolute atomic E-state index is 0.438. The average molecular weight is 273 g/mol. The third kappa shape index (κ3) is 5.19. The van der Waals surface area contributed by atoms with Gasteiger partial charge in [0.15, 0.2) is 0 Å². The Morgan fingerprint density at radius 2 is 2.06 bits per heavy atom. The van der Waals surface area contributed by atoms with Crippen LogP contribution in [0.25, 0.3) is 0 Å². The topological polar surface area (TPSA) is 49.3 Å². The van der Waals surface area contributed by atoms with E-state index in [0.717, 1.165) is 31.4 Å². The van der Waals surface area contributed by atoms with Crippen molar-refractivity contribution in [3.8, 4) is 0 Å². The van der Waals surface area contributed by atoms with E-state index in [9.17, 15) is 9.90 Å². The normalized spacial score (nSPS) is 20.7. The van der Waals surface area contributed by atoms with Crippen LogP contribution in [0.5, 0.6) is 0 Å². The fourth-order valence-electron chi connectivity index (χ4n) is 1.81. The minimum Gasteiger partial charge on any atom is -0.480 e. The number of rotatable bonds is 9. The van der Waals surface area contributed by atoms with Crippen molar-refractivity contribution in [3.05, 3.63) is 0 Å². The standard InChI is InChI=1S/C14H27NO2S/c1-10(2)11(3)18-9-5-8-14(4,13(16)17)15-12-6-7-12/h10-12,15H,5-9H2,1-4H3,(H,16,17). The Balaban J connectivity index is 2.27. The smallest absolute Gasteiger partial charge is 0.323 e. The van der Waals surface area contributed by atoms with Gasteiger partial charge in [-0.2, -0.15) is 11.8 Å². The van der Waals surface area contributed by atoms with Gasteiger partial charge in [-0.25, -0.2) is 0 Å². The van der Waals surface area contributed by atoms with E-state index in [-0.39, 0.29) is 0 Å². The molecule has 0 amide bonds. The fourth-order valence-corrected chi connectivity index (χ4v) is 2.87. The first-order chi connectivity index (χ1) is 8.35. The van der Waals surface area contributed by atoms with Crippen LogP contribution in [0.15, 0.2) is 0 Å². The van der Waals surface area contributed by atoms with E-state index in [2.05, 4.69) is 26.1 Å². The number of carbonyl (C=O) groups is 1. The maximum atomic E-state index is 11.4. The van der Waals surface area contributed by atoms with Crippen LogP contribution in [-0.4, -0.2) is 33.7 Å². The van der Waals surface area contributed by atoms with Crippen LogP contribution in [0.3, 0.4) is 0 Å². The first kappa shape index (κ1) is 15.8. The number of hydrogen-bond acceptors (Lipinski definition) is 3. The van der Waals surface area contributed by atoms with Gasteiger partial charge in [0.1, 0.15) is 5.54 Å². The first-order valence-corrected chi connectivity index (χ1v) is 8.02. The largest absolute Gasteiger partial charge is 0.480 e. The molecule has 1 saturated carbocycles. The lowest BCUT2D eigenvalue weighted by Crippen LogP contribution is -2.50. The van der Waals surface area contributed by atoms with E-state index in [1.165, 1.54) is 0 Å². The molecule has 1 fully saturated rings. The van der Waals surface area contributed by atoms with Crippen molar-refractivity contribution >= 4 is 17.7 Å². The van der Waals surface area contributed by atoms with Gasteiger partial charge in [0.2, 0.25) is 0 Å². The molecule has 0 aromatic rings. The van der Waals surface area contributed by atoms with Crippen molar-refractivity contribution in [1.29, 1.82) is 0 Å². The van der Waals surface area contributed by atoms with Crippen LogP contribution in [-0.2, 0) is 4.79 Å². The maximum Gasteiger partial charge on any atom is 0.323 e. The molecule has 1 aliphatic carbocycles. The van der Waals surface area contributed by atoms with Crippen molar-refractivity contribution < 1.29 is 9.90 Å². The molecule has 0 aromatic carbocycles. The molecule has 0 heterocycles. The summed E-state index contributed by atoms with van der Waals surface area (Å²) >= 11 is 1.95. The second-order valence-electron chi connectivity index (χ2n) is 5.98. The van der Waals surface area contributed by atoms with E-state index >= 15 is 0 Å². The summed E-state index contributed by atoms with van der Waals surface area (Å²) in [6.07, 6.45) is 3.94. The number of hydrogen-bond donors (Lipinski definition) is 2. The van der Waals surface area contributed by atoms with Gasteiger partial charge >= 0.3 is 5.97 Å². The highest BCUT2D eigenvalue weighted by atomic mass is 32.2. The highest BCUT2D eigenvalue weighted by Gasteiger charge is 2.37. The van der Waals surface area contributed by atoms with E-state index in [1.54, 1.807) is 0 Å². The molecule has 0 spiro atoms. The molecular weight excluding hydrogens is 246 g/mol. The Labute approximate surface area is 115 Å². The Bertz CT molecular complexity index is 279. The Kier molecular flexibility index (Phi) is 5.99. The molecule has 1 aliphatic rings. The Morgan fingerprint density at radius 3 is 2.50 bits per heavy atom. The molecule has 4 heteroatoms. The second-order valence-corrected chi connectivity index (χ2v) is 7.46. The van der Waals surface area contributed by atoms with Gasteiger partial charge < -0.3 is 5.11 Å². The molecular formula is C14H27NO2S. The van der Waals surface area contributed by atoms with E-state index in [4.69, 9.17) is 0 Å². The summed E-state index contributed by atoms with van der Waals surface area (Å²) in [4.78, 5) is 11.4. The zero-order valence-electron chi connectivity index (χ0n) is 12.0. The molecule has 3 nitrogen and oxygen atoms in total. The lowest BCUT2D eigenvalue weighted by Gasteiger charge is -2.26. The molecule has 0 bridgehead atoms. The average Bonchev–Trinajstić information content (AvgIpc) is 3.07. The second kappa shape index (κ2) is 6.80. The van der Waals surface area contributed by atoms with E-state index < -0.39 is 11.5 Å². The Hall–Kier alpha value is -0.220. The highest BCUT2D eigenvalue weighted by molar-refractivity contribution is 7.99. The van der Waals surface area contributed by atoms with Gasteiger partial charge in [-0.15, -0.1) is 0 Å². The summed E-state index contributed by atoms with van der Waals surface area (Å²) in [6, 6.07) is 0.438. The zero-order valence-corrected chi connectivity index (χ0v) is 12.8. The number of thioether (sulfide) groups is 1. The highest BCUT2D eigenvalue weighted by Crippen LogP contribution is 2.26. The lowest BCUT2D eigenvalue weighted by atomic mass is 9.96. The summed E-state index contributed by atoms with van der Waals surface area (Å²) in [5.74, 6) is 1.02. The van der Waals surface area contributed by atoms with Gasteiger partial charge in [-0.3, -0.25) is 10.1 Å². The van der Waals surface area contributed by atoms with Crippen LogP contribution >= 0.6 is 11.8 Å². The van der Waals surface area contributed by atoms with Crippen LogP contribution in [0.4, 0.5) is 0 Å². The van der Waals surface area contributed by atoms with Crippen LogP contribution < -0.4 is 5.32 Å². The van der Waals surface area contributed by atoms with Crippen molar-refractivity contribution in [3.63, 3.8) is 0 Å². The van der Waals surface area contributed by atoms with Gasteiger partial charge in [0, 0.05) is 11.3 Å². The third-order valence-electron chi connectivity index (χ3n) is 3.71. The first-order valence-electron chi connectivity index (χ1n) is 6.98. The van der Waals surface area contributed by atoms with Crippen molar-refractivity contribution in [2.75, 3.05) is 5.75 Å². The van der Waals surface area contributed by atoms with Crippen LogP contribution in [0, 0.1) is 5.92 Å². The minimum atomic E-state index is -0.733. The van der Waals surface area contributed by atoms with Crippen LogP contribution in [0.2, 0.25) is 0 Å². The monoisotopic (exact) mass is 273 g/mol.